The number of hydrogen-bond donors (Lipinski definition) is 3. The summed E-state index contributed by atoms with van der Waals surface area (Å²) in [7, 11) is 0. The Balaban J connectivity index is 1.86. The van der Waals surface area contributed by atoms with Gasteiger partial charge < -0.3 is 15.2 Å². The molecule has 0 bridgehead atoms. The maximum atomic E-state index is 11.7. The Hall–Kier alpha value is -2.57. The normalized spacial score (nSPS) is 14.8. The third-order valence-corrected chi connectivity index (χ3v) is 3.56. The Labute approximate surface area is 134 Å². The molecule has 23 heavy (non-hydrogen) atoms. The van der Waals surface area contributed by atoms with E-state index in [4.69, 9.17) is 4.74 Å². The number of nitrogens with one attached hydrogen (secondary N) is 2. The van der Waals surface area contributed by atoms with Crippen molar-refractivity contribution >= 4 is 18.0 Å². The van der Waals surface area contributed by atoms with E-state index in [2.05, 4.69) is 15.8 Å². The first-order chi connectivity index (χ1) is 11.1. The fourth-order valence-electron chi connectivity index (χ4n) is 2.42. The summed E-state index contributed by atoms with van der Waals surface area (Å²) in [6, 6.07) is 4.77. The highest BCUT2D eigenvalue weighted by atomic mass is 16.5. The fraction of sp³-hybridized carbons (Fsp3) is 0.438. The molecular formula is C16H21N3O4. The molecule has 7 nitrogen and oxygen atoms in total. The lowest BCUT2D eigenvalue weighted by molar-refractivity contribution is -0.139. The van der Waals surface area contributed by atoms with Gasteiger partial charge in [-0.1, -0.05) is 12.8 Å². The van der Waals surface area contributed by atoms with E-state index in [9.17, 15) is 14.7 Å². The number of hydrazone groups is 1. The maximum Gasteiger partial charge on any atom is 0.329 e. The summed E-state index contributed by atoms with van der Waals surface area (Å²) >= 11 is 0. The molecule has 124 valence electrons. The van der Waals surface area contributed by atoms with Gasteiger partial charge in [-0.3, -0.25) is 9.59 Å². The van der Waals surface area contributed by atoms with Gasteiger partial charge in [-0.05, 0) is 43.5 Å². The van der Waals surface area contributed by atoms with Crippen molar-refractivity contribution in [1.29, 1.82) is 0 Å². The van der Waals surface area contributed by atoms with E-state index in [1.54, 1.807) is 12.1 Å². The SMILES string of the molecule is CCOc1cc(/C=N/NC(=O)C(=O)NC2CCCC2)ccc1O. The number of hydrogen-bond acceptors (Lipinski definition) is 5. The Morgan fingerprint density at radius 2 is 2.09 bits per heavy atom. The van der Waals surface area contributed by atoms with Crippen molar-refractivity contribution in [1.82, 2.24) is 10.7 Å². The number of amides is 2. The zero-order valence-electron chi connectivity index (χ0n) is 13.0. The Kier molecular flexibility index (Phi) is 5.96. The second-order valence-electron chi connectivity index (χ2n) is 5.31. The van der Waals surface area contributed by atoms with Gasteiger partial charge in [0.05, 0.1) is 12.8 Å². The molecule has 0 aliphatic heterocycles. The van der Waals surface area contributed by atoms with Gasteiger partial charge in [-0.25, -0.2) is 5.43 Å². The summed E-state index contributed by atoms with van der Waals surface area (Å²) in [4.78, 5) is 23.3. The Morgan fingerprint density at radius 3 is 2.78 bits per heavy atom. The number of phenolic OH excluding ortho intramolecular Hbond substituents is 1. The molecular weight excluding hydrogens is 298 g/mol. The van der Waals surface area contributed by atoms with Crippen LogP contribution < -0.4 is 15.5 Å². The smallest absolute Gasteiger partial charge is 0.329 e. The van der Waals surface area contributed by atoms with Crippen LogP contribution in [0.25, 0.3) is 0 Å². The van der Waals surface area contributed by atoms with Crippen LogP contribution in [0.5, 0.6) is 11.5 Å². The van der Waals surface area contributed by atoms with Crippen LogP contribution in [0.4, 0.5) is 0 Å². The highest BCUT2D eigenvalue weighted by molar-refractivity contribution is 6.35. The summed E-state index contributed by atoms with van der Waals surface area (Å²) < 4.78 is 5.25. The minimum absolute atomic E-state index is 0.0315. The Morgan fingerprint density at radius 1 is 1.35 bits per heavy atom. The molecule has 1 saturated carbocycles. The van der Waals surface area contributed by atoms with Gasteiger partial charge in [0.1, 0.15) is 0 Å². The molecule has 1 aromatic rings. The number of rotatable bonds is 5. The van der Waals surface area contributed by atoms with E-state index in [-0.39, 0.29) is 11.8 Å². The van der Waals surface area contributed by atoms with Crippen molar-refractivity contribution in [3.8, 4) is 11.5 Å². The molecule has 0 radical (unpaired) electrons. The van der Waals surface area contributed by atoms with Gasteiger partial charge in [0.15, 0.2) is 11.5 Å². The largest absolute Gasteiger partial charge is 0.504 e. The first-order valence-electron chi connectivity index (χ1n) is 7.70. The highest BCUT2D eigenvalue weighted by Gasteiger charge is 2.20. The minimum Gasteiger partial charge on any atom is -0.504 e. The van der Waals surface area contributed by atoms with Crippen molar-refractivity contribution in [2.75, 3.05) is 6.61 Å². The molecule has 0 unspecified atom stereocenters. The third-order valence-electron chi connectivity index (χ3n) is 3.56. The van der Waals surface area contributed by atoms with Crippen molar-refractivity contribution in [3.63, 3.8) is 0 Å². The van der Waals surface area contributed by atoms with E-state index in [0.717, 1.165) is 25.7 Å². The second-order valence-corrected chi connectivity index (χ2v) is 5.31. The average molecular weight is 319 g/mol. The van der Waals surface area contributed by atoms with Crippen LogP contribution in [0.2, 0.25) is 0 Å². The zero-order valence-corrected chi connectivity index (χ0v) is 13.0. The lowest BCUT2D eigenvalue weighted by Gasteiger charge is -2.10. The minimum atomic E-state index is -0.794. The van der Waals surface area contributed by atoms with Gasteiger partial charge in [0, 0.05) is 6.04 Å². The van der Waals surface area contributed by atoms with Crippen LogP contribution in [0.3, 0.4) is 0 Å². The number of ether oxygens (including phenoxy) is 1. The van der Waals surface area contributed by atoms with E-state index in [0.29, 0.717) is 17.9 Å². The molecule has 1 fully saturated rings. The monoisotopic (exact) mass is 319 g/mol. The summed E-state index contributed by atoms with van der Waals surface area (Å²) in [6.07, 6.45) is 5.36. The van der Waals surface area contributed by atoms with E-state index in [1.165, 1.54) is 12.3 Å². The second kappa shape index (κ2) is 8.17. The molecule has 0 spiro atoms. The molecule has 0 atom stereocenters. The van der Waals surface area contributed by atoms with E-state index < -0.39 is 11.8 Å². The summed E-state index contributed by atoms with van der Waals surface area (Å²) in [5.41, 5.74) is 2.81. The number of benzene rings is 1. The molecule has 0 saturated heterocycles. The fourth-order valence-corrected chi connectivity index (χ4v) is 2.42. The quantitative estimate of drug-likeness (QED) is 0.433. The number of phenols is 1. The molecule has 0 heterocycles. The number of nitrogens with zero attached hydrogens (tertiary/aromatic N) is 1. The molecule has 2 rings (SSSR count). The maximum absolute atomic E-state index is 11.7. The standard InChI is InChI=1S/C16H21N3O4/c1-2-23-14-9-11(7-8-13(14)20)10-17-19-16(22)15(21)18-12-5-3-4-6-12/h7-10,12,20H,2-6H2,1H3,(H,18,21)(H,19,22)/b17-10+. The van der Waals surface area contributed by atoms with Crippen molar-refractivity contribution in [2.24, 2.45) is 5.10 Å². The van der Waals surface area contributed by atoms with Gasteiger partial charge in [0.25, 0.3) is 0 Å². The lowest BCUT2D eigenvalue weighted by atomic mass is 10.2. The summed E-state index contributed by atoms with van der Waals surface area (Å²) in [5.74, 6) is -1.10. The molecule has 2 amide bonds. The topological polar surface area (TPSA) is 100 Å². The molecule has 0 aromatic heterocycles. The third kappa shape index (κ3) is 4.98. The van der Waals surface area contributed by atoms with Crippen LogP contribution in [0, 0.1) is 0 Å². The predicted molar refractivity (Wildman–Crippen MR) is 85.4 cm³/mol. The predicted octanol–water partition coefficient (Wildman–Crippen LogP) is 1.30. The average Bonchev–Trinajstić information content (AvgIpc) is 3.03. The summed E-state index contributed by atoms with van der Waals surface area (Å²) in [6.45, 7) is 2.23. The van der Waals surface area contributed by atoms with E-state index in [1.807, 2.05) is 6.92 Å². The number of carbonyl (C=O) groups excluding carboxylic acids is 2. The lowest BCUT2D eigenvalue weighted by Crippen LogP contribution is -2.42. The van der Waals surface area contributed by atoms with Crippen LogP contribution in [0.15, 0.2) is 23.3 Å². The Bertz CT molecular complexity index is 595. The van der Waals surface area contributed by atoms with Crippen LogP contribution in [0.1, 0.15) is 38.2 Å². The van der Waals surface area contributed by atoms with Gasteiger partial charge in [0.2, 0.25) is 0 Å². The molecule has 3 N–H and O–H groups in total. The molecule has 1 aliphatic rings. The number of carbonyl (C=O) groups is 2. The van der Waals surface area contributed by atoms with E-state index >= 15 is 0 Å². The summed E-state index contributed by atoms with van der Waals surface area (Å²) in [5, 5.41) is 16.0. The molecule has 1 aromatic carbocycles. The van der Waals surface area contributed by atoms with Crippen molar-refractivity contribution in [2.45, 2.75) is 38.6 Å². The van der Waals surface area contributed by atoms with Crippen molar-refractivity contribution < 1.29 is 19.4 Å². The van der Waals surface area contributed by atoms with Gasteiger partial charge >= 0.3 is 11.8 Å². The molecule has 1 aliphatic carbocycles. The zero-order chi connectivity index (χ0) is 16.7. The highest BCUT2D eigenvalue weighted by Crippen LogP contribution is 2.26. The first-order valence-corrected chi connectivity index (χ1v) is 7.70. The first kappa shape index (κ1) is 16.8. The van der Waals surface area contributed by atoms with Crippen LogP contribution in [-0.2, 0) is 9.59 Å². The van der Waals surface area contributed by atoms with Crippen LogP contribution >= 0.6 is 0 Å². The van der Waals surface area contributed by atoms with Gasteiger partial charge in [-0.2, -0.15) is 5.10 Å². The number of aromatic hydroxyl groups is 1. The molecule has 7 heteroatoms. The van der Waals surface area contributed by atoms with Gasteiger partial charge in [-0.15, -0.1) is 0 Å². The van der Waals surface area contributed by atoms with Crippen molar-refractivity contribution in [3.05, 3.63) is 23.8 Å². The van der Waals surface area contributed by atoms with Crippen LogP contribution in [-0.4, -0.2) is 35.8 Å².